The van der Waals surface area contributed by atoms with Crippen LogP contribution in [-0.4, -0.2) is 59.7 Å². The van der Waals surface area contributed by atoms with E-state index < -0.39 is 10.0 Å². The van der Waals surface area contributed by atoms with Gasteiger partial charge in [-0.2, -0.15) is 9.29 Å². The summed E-state index contributed by atoms with van der Waals surface area (Å²) in [5, 5.41) is 3.99. The summed E-state index contributed by atoms with van der Waals surface area (Å²) in [5.74, 6) is 2.01. The van der Waals surface area contributed by atoms with Crippen LogP contribution in [0.1, 0.15) is 36.5 Å². The van der Waals surface area contributed by atoms with E-state index in [1.54, 1.807) is 24.9 Å². The smallest absolute Gasteiger partial charge is 0.262 e. The van der Waals surface area contributed by atoms with Crippen molar-refractivity contribution in [2.45, 2.75) is 30.8 Å². The molecule has 0 amide bonds. The van der Waals surface area contributed by atoms with Crippen molar-refractivity contribution in [3.8, 4) is 11.5 Å². The summed E-state index contributed by atoms with van der Waals surface area (Å²) in [6.45, 7) is 1.32. The van der Waals surface area contributed by atoms with E-state index >= 15 is 0 Å². The average Bonchev–Trinajstić information content (AvgIpc) is 3.48. The highest BCUT2D eigenvalue weighted by Crippen LogP contribution is 2.28. The van der Waals surface area contributed by atoms with Crippen molar-refractivity contribution in [2.24, 2.45) is 0 Å². The first-order valence-electron chi connectivity index (χ1n) is 10.2. The molecule has 1 aliphatic rings. The summed E-state index contributed by atoms with van der Waals surface area (Å²) in [6.07, 6.45) is 9.29. The molecular weight excluding hydrogens is 434 g/mol. The number of sulfonamides is 1. The molecule has 10 nitrogen and oxygen atoms in total. The van der Waals surface area contributed by atoms with Gasteiger partial charge in [0.2, 0.25) is 0 Å². The molecule has 1 aliphatic heterocycles. The van der Waals surface area contributed by atoms with Crippen LogP contribution in [0.15, 0.2) is 40.3 Å². The number of imidazole rings is 1. The third-order valence-electron chi connectivity index (χ3n) is 5.16. The topological polar surface area (TPSA) is 113 Å². The van der Waals surface area contributed by atoms with Gasteiger partial charge in [0.1, 0.15) is 0 Å². The number of hydrogen-bond donors (Lipinski definition) is 0. The lowest BCUT2D eigenvalue weighted by molar-refractivity contribution is 0.345. The summed E-state index contributed by atoms with van der Waals surface area (Å²) >= 11 is 0. The molecule has 3 heterocycles. The van der Waals surface area contributed by atoms with Gasteiger partial charge in [-0.05, 0) is 36.6 Å². The Kier molecular flexibility index (Phi) is 6.56. The Bertz CT molecular complexity index is 1190. The number of benzene rings is 1. The molecule has 1 aromatic carbocycles. The first-order chi connectivity index (χ1) is 15.5. The Morgan fingerprint density at radius 1 is 1.09 bits per heavy atom. The molecule has 1 saturated heterocycles. The molecule has 2 aromatic heterocycles. The van der Waals surface area contributed by atoms with E-state index in [-0.39, 0.29) is 11.6 Å². The maximum absolute atomic E-state index is 12.7. The van der Waals surface area contributed by atoms with Gasteiger partial charge in [-0.25, -0.2) is 13.4 Å². The Morgan fingerprint density at radius 3 is 2.62 bits per heavy atom. The molecule has 4 rings (SSSR count). The molecule has 0 unspecified atom stereocenters. The van der Waals surface area contributed by atoms with E-state index in [9.17, 15) is 8.42 Å². The standard InChI is InChI=1S/C21H25N5O5S/c1-29-17-8-6-16(12-18(17)30-2)7-9-20-23-19(24-31-20)13-25-14-21(22-15-25)32(27,28)26-10-4-3-5-11-26/h6-9,12,14-15H,3-5,10-11,13H2,1-2H3. The van der Waals surface area contributed by atoms with Gasteiger partial charge in [0, 0.05) is 25.4 Å². The third-order valence-corrected chi connectivity index (χ3v) is 6.95. The molecule has 32 heavy (non-hydrogen) atoms. The molecule has 0 aliphatic carbocycles. The van der Waals surface area contributed by atoms with E-state index in [0.29, 0.717) is 36.3 Å². The predicted molar refractivity (Wildman–Crippen MR) is 117 cm³/mol. The number of piperidine rings is 1. The van der Waals surface area contributed by atoms with E-state index in [4.69, 9.17) is 14.0 Å². The summed E-state index contributed by atoms with van der Waals surface area (Å²) < 4.78 is 44.4. The molecule has 11 heteroatoms. The zero-order valence-corrected chi connectivity index (χ0v) is 18.8. The van der Waals surface area contributed by atoms with E-state index in [1.807, 2.05) is 24.3 Å². The van der Waals surface area contributed by atoms with Gasteiger partial charge in [0.05, 0.1) is 27.1 Å². The first kappa shape index (κ1) is 22.0. The SMILES string of the molecule is COc1ccc(C=Cc2nc(Cn3cnc(S(=O)(=O)N4CCCCC4)c3)no2)cc1OC. The zero-order valence-electron chi connectivity index (χ0n) is 18.0. The second-order valence-electron chi connectivity index (χ2n) is 7.35. The van der Waals surface area contributed by atoms with Crippen molar-refractivity contribution in [3.63, 3.8) is 0 Å². The average molecular weight is 460 g/mol. The van der Waals surface area contributed by atoms with Crippen LogP contribution in [0.4, 0.5) is 0 Å². The monoisotopic (exact) mass is 459 g/mol. The molecule has 0 atom stereocenters. The van der Waals surface area contributed by atoms with Crippen LogP contribution in [0.2, 0.25) is 0 Å². The van der Waals surface area contributed by atoms with E-state index in [2.05, 4.69) is 15.1 Å². The van der Waals surface area contributed by atoms with Gasteiger partial charge in [-0.15, -0.1) is 0 Å². The van der Waals surface area contributed by atoms with Crippen molar-refractivity contribution < 1.29 is 22.4 Å². The number of methoxy groups -OCH3 is 2. The quantitative estimate of drug-likeness (QED) is 0.505. The van der Waals surface area contributed by atoms with Crippen molar-refractivity contribution in [3.05, 3.63) is 48.0 Å². The van der Waals surface area contributed by atoms with Gasteiger partial charge >= 0.3 is 0 Å². The van der Waals surface area contributed by atoms with Gasteiger partial charge in [0.25, 0.3) is 15.9 Å². The van der Waals surface area contributed by atoms with Crippen LogP contribution < -0.4 is 9.47 Å². The molecule has 0 spiro atoms. The minimum Gasteiger partial charge on any atom is -0.493 e. The lowest BCUT2D eigenvalue weighted by Gasteiger charge is -2.24. The summed E-state index contributed by atoms with van der Waals surface area (Å²) in [7, 11) is -0.410. The fourth-order valence-corrected chi connectivity index (χ4v) is 4.94. The van der Waals surface area contributed by atoms with Crippen molar-refractivity contribution >= 4 is 22.2 Å². The molecule has 0 bridgehead atoms. The fourth-order valence-electron chi connectivity index (χ4n) is 3.48. The van der Waals surface area contributed by atoms with Crippen LogP contribution >= 0.6 is 0 Å². The lowest BCUT2D eigenvalue weighted by atomic mass is 10.2. The highest BCUT2D eigenvalue weighted by Gasteiger charge is 2.28. The van der Waals surface area contributed by atoms with Crippen LogP contribution in [-0.2, 0) is 16.6 Å². The normalized spacial score (nSPS) is 15.3. The molecule has 0 radical (unpaired) electrons. The van der Waals surface area contributed by atoms with Crippen molar-refractivity contribution in [1.29, 1.82) is 0 Å². The molecule has 3 aromatic rings. The second-order valence-corrected chi connectivity index (χ2v) is 9.23. The van der Waals surface area contributed by atoms with Crippen LogP contribution in [0.5, 0.6) is 11.5 Å². The molecule has 0 N–H and O–H groups in total. The number of aromatic nitrogens is 4. The number of rotatable bonds is 8. The van der Waals surface area contributed by atoms with E-state index in [1.165, 1.54) is 16.8 Å². The lowest BCUT2D eigenvalue weighted by Crippen LogP contribution is -2.35. The maximum Gasteiger partial charge on any atom is 0.262 e. The molecule has 0 saturated carbocycles. The van der Waals surface area contributed by atoms with Crippen molar-refractivity contribution in [2.75, 3.05) is 27.3 Å². The van der Waals surface area contributed by atoms with Crippen LogP contribution in [0.3, 0.4) is 0 Å². The third kappa shape index (κ3) is 4.83. The molecular formula is C21H25N5O5S. The first-order valence-corrected chi connectivity index (χ1v) is 11.7. The van der Waals surface area contributed by atoms with Crippen LogP contribution in [0, 0.1) is 0 Å². The summed E-state index contributed by atoms with van der Waals surface area (Å²) in [5.41, 5.74) is 0.879. The Morgan fingerprint density at radius 2 is 1.88 bits per heavy atom. The number of ether oxygens (including phenoxy) is 2. The summed E-state index contributed by atoms with van der Waals surface area (Å²) in [4.78, 5) is 8.41. The predicted octanol–water partition coefficient (Wildman–Crippen LogP) is 2.68. The summed E-state index contributed by atoms with van der Waals surface area (Å²) in [6, 6.07) is 5.53. The highest BCUT2D eigenvalue weighted by molar-refractivity contribution is 7.89. The van der Waals surface area contributed by atoms with Crippen LogP contribution in [0.25, 0.3) is 12.2 Å². The maximum atomic E-state index is 12.7. The molecule has 170 valence electrons. The Balaban J connectivity index is 1.42. The molecule has 1 fully saturated rings. The van der Waals surface area contributed by atoms with Gasteiger partial charge < -0.3 is 18.6 Å². The van der Waals surface area contributed by atoms with Gasteiger partial charge in [-0.1, -0.05) is 17.6 Å². The van der Waals surface area contributed by atoms with Gasteiger partial charge in [0.15, 0.2) is 22.3 Å². The Labute approximate surface area is 186 Å². The zero-order chi connectivity index (χ0) is 22.6. The highest BCUT2D eigenvalue weighted by atomic mass is 32.2. The number of nitrogens with zero attached hydrogens (tertiary/aromatic N) is 5. The largest absolute Gasteiger partial charge is 0.493 e. The minimum atomic E-state index is -3.57. The minimum absolute atomic E-state index is 0.0384. The number of hydrogen-bond acceptors (Lipinski definition) is 8. The van der Waals surface area contributed by atoms with E-state index in [0.717, 1.165) is 24.8 Å². The Hall–Kier alpha value is -3.18. The second kappa shape index (κ2) is 9.53. The fraction of sp³-hybridized carbons (Fsp3) is 0.381. The van der Waals surface area contributed by atoms with Gasteiger partial charge in [-0.3, -0.25) is 0 Å². The van der Waals surface area contributed by atoms with Crippen molar-refractivity contribution in [1.82, 2.24) is 24.0 Å².